The number of benzene rings is 1. The van der Waals surface area contributed by atoms with Gasteiger partial charge in [0.1, 0.15) is 5.69 Å². The fourth-order valence-electron chi connectivity index (χ4n) is 3.15. The van der Waals surface area contributed by atoms with Gasteiger partial charge in [0.15, 0.2) is 0 Å². The number of rotatable bonds is 4. The van der Waals surface area contributed by atoms with Gasteiger partial charge in [0, 0.05) is 36.1 Å². The highest BCUT2D eigenvalue weighted by molar-refractivity contribution is 6.33. The van der Waals surface area contributed by atoms with Crippen LogP contribution in [0.1, 0.15) is 30.3 Å². The van der Waals surface area contributed by atoms with E-state index in [0.29, 0.717) is 16.6 Å². The molecule has 1 amide bonds. The summed E-state index contributed by atoms with van der Waals surface area (Å²) in [4.78, 5) is 29.4. The van der Waals surface area contributed by atoms with Crippen molar-refractivity contribution in [2.24, 2.45) is 13.0 Å². The second-order valence-electron chi connectivity index (χ2n) is 6.81. The van der Waals surface area contributed by atoms with E-state index in [0.717, 1.165) is 18.4 Å². The van der Waals surface area contributed by atoms with Crippen molar-refractivity contribution in [3.63, 3.8) is 0 Å². The van der Waals surface area contributed by atoms with E-state index in [4.69, 9.17) is 11.6 Å². The van der Waals surface area contributed by atoms with E-state index < -0.39 is 0 Å². The molecule has 0 radical (unpaired) electrons. The zero-order valence-corrected chi connectivity index (χ0v) is 15.3. The van der Waals surface area contributed by atoms with E-state index >= 15 is 0 Å². The Bertz CT molecular complexity index is 1070. The lowest BCUT2D eigenvalue weighted by Gasteiger charge is -2.10. The topological polar surface area (TPSA) is 68.4 Å². The van der Waals surface area contributed by atoms with Gasteiger partial charge in [-0.05, 0) is 31.7 Å². The Kier molecular flexibility index (Phi) is 4.07. The molecule has 6 nitrogen and oxygen atoms in total. The second-order valence-corrected chi connectivity index (χ2v) is 7.22. The maximum Gasteiger partial charge on any atom is 0.294 e. The van der Waals surface area contributed by atoms with E-state index in [9.17, 15) is 9.59 Å². The van der Waals surface area contributed by atoms with E-state index in [2.05, 4.69) is 10.3 Å². The molecule has 1 aliphatic rings. The highest BCUT2D eigenvalue weighted by Crippen LogP contribution is 2.32. The van der Waals surface area contributed by atoms with Gasteiger partial charge < -0.3 is 9.88 Å². The number of halogens is 1. The minimum atomic E-state index is -0.281. The summed E-state index contributed by atoms with van der Waals surface area (Å²) in [5.41, 5.74) is 1.58. The van der Waals surface area contributed by atoms with Gasteiger partial charge in [-0.15, -0.1) is 0 Å². The molecule has 1 saturated carbocycles. The van der Waals surface area contributed by atoms with Crippen molar-refractivity contribution in [3.8, 4) is 11.3 Å². The number of aromatic nitrogens is 3. The lowest BCUT2D eigenvalue weighted by molar-refractivity contribution is 0.0931. The third kappa shape index (κ3) is 2.90. The first-order valence-corrected chi connectivity index (χ1v) is 8.98. The molecule has 4 rings (SSSR count). The number of nitrogens with zero attached hydrogens (tertiary/aromatic N) is 3. The maximum atomic E-state index is 12.7. The summed E-state index contributed by atoms with van der Waals surface area (Å²) in [6.45, 7) is 2.00. The van der Waals surface area contributed by atoms with Crippen LogP contribution in [0.2, 0.25) is 5.02 Å². The van der Waals surface area contributed by atoms with Crippen LogP contribution in [0.15, 0.2) is 41.5 Å². The number of carbonyl (C=O) groups is 1. The van der Waals surface area contributed by atoms with Crippen LogP contribution in [0.4, 0.5) is 0 Å². The van der Waals surface area contributed by atoms with Gasteiger partial charge in [-0.25, -0.2) is 4.98 Å². The molecule has 0 saturated heterocycles. The van der Waals surface area contributed by atoms with Crippen molar-refractivity contribution < 1.29 is 4.79 Å². The molecular weight excluding hydrogens is 352 g/mol. The predicted octanol–water partition coefficient (Wildman–Crippen LogP) is 2.88. The monoisotopic (exact) mass is 370 g/mol. The maximum absolute atomic E-state index is 12.7. The highest BCUT2D eigenvalue weighted by atomic mass is 35.5. The summed E-state index contributed by atoms with van der Waals surface area (Å²) >= 11 is 6.28. The molecule has 1 fully saturated rings. The fraction of sp³-hybridized carbons (Fsp3) is 0.316. The molecule has 1 N–H and O–H groups in total. The van der Waals surface area contributed by atoms with Crippen molar-refractivity contribution in [1.29, 1.82) is 0 Å². The first kappa shape index (κ1) is 16.8. The predicted molar refractivity (Wildman–Crippen MR) is 101 cm³/mol. The average Bonchev–Trinajstić information content (AvgIpc) is 3.38. The highest BCUT2D eigenvalue weighted by Gasteiger charge is 2.29. The molecule has 0 aliphatic heterocycles. The molecule has 26 heavy (non-hydrogen) atoms. The first-order valence-electron chi connectivity index (χ1n) is 8.60. The molecule has 1 aliphatic carbocycles. The molecule has 134 valence electrons. The summed E-state index contributed by atoms with van der Waals surface area (Å²) in [5, 5.41) is 3.52. The van der Waals surface area contributed by atoms with Crippen molar-refractivity contribution in [3.05, 3.63) is 57.7 Å². The van der Waals surface area contributed by atoms with Crippen LogP contribution in [0.5, 0.6) is 0 Å². The second kappa shape index (κ2) is 6.29. The SMILES string of the molecule is C[C@@H](NC(=O)c1cn2cc(-c3ccccc3Cl)n(C)c(=O)c2n1)C1CC1. The van der Waals surface area contributed by atoms with Crippen LogP contribution in [-0.4, -0.2) is 25.9 Å². The van der Waals surface area contributed by atoms with Crippen LogP contribution >= 0.6 is 11.6 Å². The molecule has 2 aromatic heterocycles. The normalized spacial score (nSPS) is 15.2. The van der Waals surface area contributed by atoms with Gasteiger partial charge in [0.2, 0.25) is 5.65 Å². The molecule has 3 aromatic rings. The zero-order chi connectivity index (χ0) is 18.4. The summed E-state index contributed by atoms with van der Waals surface area (Å²) < 4.78 is 3.09. The van der Waals surface area contributed by atoms with Crippen molar-refractivity contribution >= 4 is 23.2 Å². The van der Waals surface area contributed by atoms with Crippen molar-refractivity contribution in [1.82, 2.24) is 19.3 Å². The Morgan fingerprint density at radius 3 is 2.73 bits per heavy atom. The third-order valence-corrected chi connectivity index (χ3v) is 5.25. The minimum absolute atomic E-state index is 0.119. The smallest absolute Gasteiger partial charge is 0.294 e. The number of hydrogen-bond donors (Lipinski definition) is 1. The Morgan fingerprint density at radius 2 is 2.04 bits per heavy atom. The zero-order valence-electron chi connectivity index (χ0n) is 14.6. The number of hydrogen-bond acceptors (Lipinski definition) is 3. The fourth-order valence-corrected chi connectivity index (χ4v) is 3.38. The Hall–Kier alpha value is -2.60. The minimum Gasteiger partial charge on any atom is -0.348 e. The van der Waals surface area contributed by atoms with Gasteiger partial charge in [0.05, 0.1) is 5.69 Å². The van der Waals surface area contributed by atoms with Crippen molar-refractivity contribution in [2.45, 2.75) is 25.8 Å². The summed E-state index contributed by atoms with van der Waals surface area (Å²) in [6, 6.07) is 7.45. The van der Waals surface area contributed by atoms with E-state index in [1.54, 1.807) is 29.9 Å². The Balaban J connectivity index is 1.76. The van der Waals surface area contributed by atoms with Gasteiger partial charge in [-0.3, -0.25) is 14.0 Å². The van der Waals surface area contributed by atoms with E-state index in [1.807, 2.05) is 25.1 Å². The molecule has 1 aromatic carbocycles. The summed E-state index contributed by atoms with van der Waals surface area (Å²) in [6.07, 6.45) is 5.65. The molecule has 0 bridgehead atoms. The standard InChI is InChI=1S/C19H19ClN4O2/c1-11(12-7-8-12)21-18(25)15-9-24-10-16(13-5-3-4-6-14(13)20)23(2)19(26)17(24)22-15/h3-6,9-12H,7-8H2,1-2H3,(H,21,25)/t11-/m1/s1. The molecule has 1 atom stereocenters. The first-order chi connectivity index (χ1) is 12.5. The quantitative estimate of drug-likeness (QED) is 0.767. The Labute approximate surface area is 155 Å². The van der Waals surface area contributed by atoms with Gasteiger partial charge in [-0.1, -0.05) is 29.8 Å². The van der Waals surface area contributed by atoms with E-state index in [-0.39, 0.29) is 28.8 Å². The van der Waals surface area contributed by atoms with E-state index in [1.165, 1.54) is 4.57 Å². The van der Waals surface area contributed by atoms with Gasteiger partial charge in [-0.2, -0.15) is 0 Å². The molecule has 0 unspecified atom stereocenters. The van der Waals surface area contributed by atoms with Crippen LogP contribution in [-0.2, 0) is 7.05 Å². The lowest BCUT2D eigenvalue weighted by Crippen LogP contribution is -2.34. The molecule has 7 heteroatoms. The summed E-state index contributed by atoms with van der Waals surface area (Å²) in [5.74, 6) is 0.296. The molecule has 0 spiro atoms. The molecule has 2 heterocycles. The number of carbonyl (C=O) groups excluding carboxylic acids is 1. The number of nitrogens with one attached hydrogen (secondary N) is 1. The number of amides is 1. The average molecular weight is 371 g/mol. The van der Waals surface area contributed by atoms with Crippen LogP contribution in [0.25, 0.3) is 16.9 Å². The lowest BCUT2D eigenvalue weighted by atomic mass is 10.1. The van der Waals surface area contributed by atoms with Crippen molar-refractivity contribution in [2.75, 3.05) is 0 Å². The van der Waals surface area contributed by atoms with Crippen LogP contribution in [0, 0.1) is 5.92 Å². The Morgan fingerprint density at radius 1 is 1.31 bits per heavy atom. The van der Waals surface area contributed by atoms with Crippen LogP contribution in [0.3, 0.4) is 0 Å². The number of fused-ring (bicyclic) bond motifs is 1. The molecular formula is C19H19ClN4O2. The van der Waals surface area contributed by atoms with Crippen LogP contribution < -0.4 is 10.9 Å². The summed E-state index contributed by atoms with van der Waals surface area (Å²) in [7, 11) is 1.67. The van der Waals surface area contributed by atoms with Gasteiger partial charge >= 0.3 is 0 Å². The largest absolute Gasteiger partial charge is 0.348 e. The third-order valence-electron chi connectivity index (χ3n) is 4.92. The number of imidazole rings is 1. The van der Waals surface area contributed by atoms with Gasteiger partial charge in [0.25, 0.3) is 11.5 Å².